The average Bonchev–Trinajstić information content (AvgIpc) is 2.57. The van der Waals surface area contributed by atoms with Gasteiger partial charge in [0.2, 0.25) is 10.0 Å². The van der Waals surface area contributed by atoms with Gasteiger partial charge in [-0.3, -0.25) is 0 Å². The van der Waals surface area contributed by atoms with E-state index in [0.717, 1.165) is 0 Å². The van der Waals surface area contributed by atoms with Crippen LogP contribution in [0.25, 0.3) is 0 Å². The molecule has 0 unspecified atom stereocenters. The number of hydrogen-bond donors (Lipinski definition) is 0. The largest absolute Gasteiger partial charge is 0.444 e. The molecule has 0 aromatic heterocycles. The summed E-state index contributed by atoms with van der Waals surface area (Å²) >= 11 is 0. The highest BCUT2D eigenvalue weighted by molar-refractivity contribution is 7.92. The zero-order valence-electron chi connectivity index (χ0n) is 13.4. The van der Waals surface area contributed by atoms with Crippen molar-refractivity contribution in [1.29, 1.82) is 0 Å². The van der Waals surface area contributed by atoms with Crippen LogP contribution in [-0.4, -0.2) is 55.0 Å². The Morgan fingerprint density at radius 1 is 1.18 bits per heavy atom. The van der Waals surface area contributed by atoms with Crippen LogP contribution in [0.4, 0.5) is 4.79 Å². The smallest absolute Gasteiger partial charge is 0.410 e. The number of rotatable bonds is 1. The molecule has 0 aromatic carbocycles. The predicted octanol–water partition coefficient (Wildman–Crippen LogP) is 2.10. The third-order valence-electron chi connectivity index (χ3n) is 3.63. The van der Waals surface area contributed by atoms with Gasteiger partial charge >= 0.3 is 6.09 Å². The van der Waals surface area contributed by atoms with E-state index in [1.165, 1.54) is 9.71 Å². The summed E-state index contributed by atoms with van der Waals surface area (Å²) in [4.78, 5) is 13.7. The summed E-state index contributed by atoms with van der Waals surface area (Å²) in [6.07, 6.45) is 6.05. The lowest BCUT2D eigenvalue weighted by Gasteiger charge is -2.37. The molecule has 2 heterocycles. The molecule has 0 saturated carbocycles. The highest BCUT2D eigenvalue weighted by Crippen LogP contribution is 2.23. The number of sulfonamides is 1. The molecule has 1 fully saturated rings. The van der Waals surface area contributed by atoms with Gasteiger partial charge in [0.25, 0.3) is 0 Å². The zero-order chi connectivity index (χ0) is 16.4. The van der Waals surface area contributed by atoms with Gasteiger partial charge in [-0.2, -0.15) is 4.31 Å². The van der Waals surface area contributed by atoms with Crippen molar-refractivity contribution in [2.24, 2.45) is 0 Å². The lowest BCUT2D eigenvalue weighted by atomic mass is 10.1. The third-order valence-corrected chi connectivity index (χ3v) is 5.24. The first-order valence-electron chi connectivity index (χ1n) is 7.52. The van der Waals surface area contributed by atoms with Gasteiger partial charge < -0.3 is 9.64 Å². The highest BCUT2D eigenvalue weighted by Gasteiger charge is 2.33. The van der Waals surface area contributed by atoms with E-state index >= 15 is 0 Å². The number of likely N-dealkylation sites (tertiary alicyclic amines) is 1. The minimum Gasteiger partial charge on any atom is -0.444 e. The number of carbonyl (C=O) groups excluding carboxylic acids is 1. The zero-order valence-corrected chi connectivity index (χ0v) is 14.2. The number of amides is 1. The molecule has 124 valence electrons. The first-order valence-corrected chi connectivity index (χ1v) is 9.02. The molecular weight excluding hydrogens is 304 g/mol. The summed E-state index contributed by atoms with van der Waals surface area (Å²) in [7, 11) is -3.37. The predicted molar refractivity (Wildman–Crippen MR) is 84.7 cm³/mol. The fourth-order valence-corrected chi connectivity index (χ4v) is 3.96. The van der Waals surface area contributed by atoms with Gasteiger partial charge in [0.05, 0.1) is 0 Å². The Kier molecular flexibility index (Phi) is 4.97. The summed E-state index contributed by atoms with van der Waals surface area (Å²) in [6.45, 7) is 6.91. The molecule has 2 rings (SSSR count). The Morgan fingerprint density at radius 2 is 1.82 bits per heavy atom. The van der Waals surface area contributed by atoms with E-state index in [0.29, 0.717) is 32.5 Å². The molecule has 0 aliphatic carbocycles. The molecule has 22 heavy (non-hydrogen) atoms. The van der Waals surface area contributed by atoms with Crippen LogP contribution in [0, 0.1) is 0 Å². The first kappa shape index (κ1) is 17.0. The highest BCUT2D eigenvalue weighted by atomic mass is 32.2. The van der Waals surface area contributed by atoms with Crippen LogP contribution in [0.3, 0.4) is 0 Å². The molecule has 0 bridgehead atoms. The Balaban J connectivity index is 1.96. The number of ether oxygens (including phenoxy) is 1. The van der Waals surface area contributed by atoms with Crippen LogP contribution in [0.5, 0.6) is 0 Å². The number of allylic oxidation sites excluding steroid dienone is 2. The quantitative estimate of drug-likeness (QED) is 0.739. The van der Waals surface area contributed by atoms with Crippen LogP contribution >= 0.6 is 0 Å². The standard InChI is InChI=1S/C15H24N2O4S/c1-15(2,3)21-14(18)16-10-7-13(8-11-16)17-9-5-4-6-12-22(17,19)20/h4-6,12-13H,7-11H2,1-3H3. The minimum absolute atomic E-state index is 0.0731. The summed E-state index contributed by atoms with van der Waals surface area (Å²) in [5.41, 5.74) is -0.516. The Labute approximate surface area is 132 Å². The molecule has 0 aromatic rings. The maximum atomic E-state index is 12.2. The SMILES string of the molecule is CC(C)(C)OC(=O)N1CCC(N2CC=CC=CS2(=O)=O)CC1. The topological polar surface area (TPSA) is 66.9 Å². The van der Waals surface area contributed by atoms with Crippen LogP contribution in [0.1, 0.15) is 33.6 Å². The minimum atomic E-state index is -3.37. The van der Waals surface area contributed by atoms with Gasteiger partial charge in [-0.15, -0.1) is 0 Å². The number of nitrogens with zero attached hydrogens (tertiary/aromatic N) is 2. The van der Waals surface area contributed by atoms with Crippen LogP contribution in [0.15, 0.2) is 23.6 Å². The number of carbonyl (C=O) groups is 1. The first-order chi connectivity index (χ1) is 10.2. The normalized spacial score (nSPS) is 23.3. The number of hydrogen-bond acceptors (Lipinski definition) is 4. The summed E-state index contributed by atoms with van der Waals surface area (Å²) < 4.78 is 31.3. The summed E-state index contributed by atoms with van der Waals surface area (Å²) in [5, 5.41) is 1.23. The summed E-state index contributed by atoms with van der Waals surface area (Å²) in [5.74, 6) is 0. The van der Waals surface area contributed by atoms with Crippen molar-refractivity contribution in [2.45, 2.75) is 45.3 Å². The van der Waals surface area contributed by atoms with E-state index in [9.17, 15) is 13.2 Å². The Bertz CT molecular complexity index is 567. The molecule has 0 N–H and O–H groups in total. The molecule has 7 heteroatoms. The second-order valence-corrected chi connectivity index (χ2v) is 8.34. The van der Waals surface area contributed by atoms with Crippen molar-refractivity contribution >= 4 is 16.1 Å². The summed E-state index contributed by atoms with van der Waals surface area (Å²) in [6, 6.07) is -0.0731. The van der Waals surface area contributed by atoms with Crippen molar-refractivity contribution < 1.29 is 17.9 Å². The van der Waals surface area contributed by atoms with Gasteiger partial charge in [-0.05, 0) is 39.7 Å². The lowest BCUT2D eigenvalue weighted by Crippen LogP contribution is -2.49. The second-order valence-electron chi connectivity index (χ2n) is 6.57. The van der Waals surface area contributed by atoms with Gasteiger partial charge in [0, 0.05) is 31.1 Å². The molecule has 0 atom stereocenters. The molecule has 6 nitrogen and oxygen atoms in total. The Hall–Kier alpha value is -1.34. The van der Waals surface area contributed by atoms with Gasteiger partial charge in [0.15, 0.2) is 0 Å². The van der Waals surface area contributed by atoms with Crippen LogP contribution in [-0.2, 0) is 14.8 Å². The monoisotopic (exact) mass is 328 g/mol. The van der Waals surface area contributed by atoms with Gasteiger partial charge in [0.1, 0.15) is 5.60 Å². The number of piperidine rings is 1. The van der Waals surface area contributed by atoms with Gasteiger partial charge in [-0.1, -0.05) is 12.2 Å². The lowest BCUT2D eigenvalue weighted by molar-refractivity contribution is 0.0180. The van der Waals surface area contributed by atoms with E-state index < -0.39 is 15.6 Å². The molecule has 2 aliphatic rings. The maximum Gasteiger partial charge on any atom is 0.410 e. The van der Waals surface area contributed by atoms with Gasteiger partial charge in [-0.25, -0.2) is 13.2 Å². The molecule has 1 saturated heterocycles. The third kappa shape index (κ3) is 4.33. The van der Waals surface area contributed by atoms with E-state index in [1.807, 2.05) is 26.8 Å². The molecule has 2 aliphatic heterocycles. The van der Waals surface area contributed by atoms with Crippen LogP contribution < -0.4 is 0 Å². The fraction of sp³-hybridized carbons (Fsp3) is 0.667. The molecule has 0 spiro atoms. The molecule has 1 amide bonds. The Morgan fingerprint density at radius 3 is 2.41 bits per heavy atom. The van der Waals surface area contributed by atoms with Crippen molar-refractivity contribution in [2.75, 3.05) is 19.6 Å². The molecular formula is C15H24N2O4S. The maximum absolute atomic E-state index is 12.2. The fourth-order valence-electron chi connectivity index (χ4n) is 2.59. The average molecular weight is 328 g/mol. The van der Waals surface area contributed by atoms with Crippen molar-refractivity contribution in [3.05, 3.63) is 23.6 Å². The van der Waals surface area contributed by atoms with E-state index in [4.69, 9.17) is 4.74 Å². The van der Waals surface area contributed by atoms with Crippen molar-refractivity contribution in [3.8, 4) is 0 Å². The van der Waals surface area contributed by atoms with E-state index in [-0.39, 0.29) is 12.1 Å². The van der Waals surface area contributed by atoms with Crippen molar-refractivity contribution in [3.63, 3.8) is 0 Å². The molecule has 0 radical (unpaired) electrons. The van der Waals surface area contributed by atoms with Crippen LogP contribution in [0.2, 0.25) is 0 Å². The van der Waals surface area contributed by atoms with E-state index in [2.05, 4.69) is 0 Å². The second kappa shape index (κ2) is 6.42. The van der Waals surface area contributed by atoms with Crippen molar-refractivity contribution in [1.82, 2.24) is 9.21 Å². The van der Waals surface area contributed by atoms with E-state index in [1.54, 1.807) is 17.1 Å².